The maximum atomic E-state index is 11.3. The first-order valence-corrected chi connectivity index (χ1v) is 6.32. The maximum Gasteiger partial charge on any atom is 0.307 e. The van der Waals surface area contributed by atoms with E-state index in [9.17, 15) is 13.2 Å². The van der Waals surface area contributed by atoms with Gasteiger partial charge in [-0.3, -0.25) is 4.79 Å². The predicted octanol–water partition coefficient (Wildman–Crippen LogP) is 0.726. The summed E-state index contributed by atoms with van der Waals surface area (Å²) in [6, 6.07) is 4.24. The molecule has 0 aromatic heterocycles. The van der Waals surface area contributed by atoms with E-state index in [2.05, 4.69) is 0 Å². The summed E-state index contributed by atoms with van der Waals surface area (Å²) in [5.41, 5.74) is 0.497. The van der Waals surface area contributed by atoms with Gasteiger partial charge in [-0.05, 0) is 17.7 Å². The van der Waals surface area contributed by atoms with Crippen LogP contribution in [0.5, 0.6) is 5.75 Å². The van der Waals surface area contributed by atoms with Gasteiger partial charge in [-0.1, -0.05) is 6.07 Å². The number of sulfone groups is 1. The molecule has 0 heterocycles. The van der Waals surface area contributed by atoms with E-state index in [1.54, 1.807) is 0 Å². The highest BCUT2D eigenvalue weighted by Crippen LogP contribution is 2.24. The van der Waals surface area contributed by atoms with E-state index in [0.717, 1.165) is 6.26 Å². The quantitative estimate of drug-likeness (QED) is 0.844. The second-order valence-electron chi connectivity index (χ2n) is 3.33. The van der Waals surface area contributed by atoms with Crippen molar-refractivity contribution in [3.63, 3.8) is 0 Å². The van der Waals surface area contributed by atoms with Crippen LogP contribution in [-0.4, -0.2) is 32.9 Å². The summed E-state index contributed by atoms with van der Waals surface area (Å²) in [4.78, 5) is 10.6. The summed E-state index contributed by atoms with van der Waals surface area (Å²) in [5, 5.41) is 8.60. The smallest absolute Gasteiger partial charge is 0.307 e. The van der Waals surface area contributed by atoms with Crippen LogP contribution in [0.2, 0.25) is 0 Å². The highest BCUT2D eigenvalue weighted by molar-refractivity contribution is 7.90. The molecule has 1 aromatic rings. The first kappa shape index (κ1) is 12.5. The third-order valence-electron chi connectivity index (χ3n) is 1.98. The molecule has 0 saturated carbocycles. The number of ether oxygens (including phenoxy) is 1. The SMILES string of the molecule is COc1cc(CC(=O)O)ccc1S(C)(=O)=O. The van der Waals surface area contributed by atoms with Crippen LogP contribution >= 0.6 is 0 Å². The molecular weight excluding hydrogens is 232 g/mol. The molecule has 0 atom stereocenters. The van der Waals surface area contributed by atoms with Gasteiger partial charge in [0.1, 0.15) is 10.6 Å². The lowest BCUT2D eigenvalue weighted by molar-refractivity contribution is -0.136. The van der Waals surface area contributed by atoms with Crippen molar-refractivity contribution in [2.24, 2.45) is 0 Å². The second kappa shape index (κ2) is 4.52. The molecular formula is C10H12O5S. The number of carboxylic acid groups (broad SMARTS) is 1. The number of carboxylic acids is 1. The van der Waals surface area contributed by atoms with E-state index in [4.69, 9.17) is 9.84 Å². The van der Waals surface area contributed by atoms with Crippen molar-refractivity contribution < 1.29 is 23.1 Å². The maximum absolute atomic E-state index is 11.3. The lowest BCUT2D eigenvalue weighted by atomic mass is 10.1. The summed E-state index contributed by atoms with van der Waals surface area (Å²) in [6.07, 6.45) is 0.905. The van der Waals surface area contributed by atoms with Gasteiger partial charge in [0, 0.05) is 6.26 Å². The van der Waals surface area contributed by atoms with Crippen LogP contribution in [0.25, 0.3) is 0 Å². The minimum Gasteiger partial charge on any atom is -0.495 e. The molecule has 1 aromatic carbocycles. The van der Waals surface area contributed by atoms with Crippen molar-refractivity contribution in [2.45, 2.75) is 11.3 Å². The Morgan fingerprint density at radius 3 is 2.50 bits per heavy atom. The van der Waals surface area contributed by atoms with Crippen LogP contribution in [0.4, 0.5) is 0 Å². The Morgan fingerprint density at radius 1 is 1.44 bits per heavy atom. The number of hydrogen-bond donors (Lipinski definition) is 1. The molecule has 5 nitrogen and oxygen atoms in total. The fourth-order valence-corrected chi connectivity index (χ4v) is 2.13. The molecule has 88 valence electrons. The van der Waals surface area contributed by atoms with Crippen LogP contribution in [0.15, 0.2) is 23.1 Å². The number of rotatable bonds is 4. The van der Waals surface area contributed by atoms with Crippen molar-refractivity contribution in [3.05, 3.63) is 23.8 Å². The Kier molecular flexibility index (Phi) is 3.54. The molecule has 1 N–H and O–H groups in total. The Hall–Kier alpha value is -1.56. The highest BCUT2D eigenvalue weighted by Gasteiger charge is 2.15. The Morgan fingerprint density at radius 2 is 2.06 bits per heavy atom. The van der Waals surface area contributed by atoms with Crippen LogP contribution in [-0.2, 0) is 21.1 Å². The van der Waals surface area contributed by atoms with Gasteiger partial charge < -0.3 is 9.84 Å². The third kappa shape index (κ3) is 2.96. The number of benzene rings is 1. The zero-order chi connectivity index (χ0) is 12.3. The van der Waals surface area contributed by atoms with E-state index in [1.165, 1.54) is 25.3 Å². The number of methoxy groups -OCH3 is 1. The summed E-state index contributed by atoms with van der Waals surface area (Å²) in [6.45, 7) is 0. The lowest BCUT2D eigenvalue weighted by Crippen LogP contribution is -2.04. The largest absolute Gasteiger partial charge is 0.495 e. The molecule has 0 spiro atoms. The van der Waals surface area contributed by atoms with Crippen molar-refractivity contribution in [3.8, 4) is 5.75 Å². The normalized spacial score (nSPS) is 11.1. The average Bonchev–Trinajstić information content (AvgIpc) is 2.14. The number of carbonyl (C=O) groups is 1. The molecule has 0 unspecified atom stereocenters. The Labute approximate surface area is 93.6 Å². The number of aliphatic carboxylic acids is 1. The molecule has 0 saturated heterocycles. The molecule has 0 aliphatic heterocycles. The molecule has 16 heavy (non-hydrogen) atoms. The molecule has 1 rings (SSSR count). The zero-order valence-electron chi connectivity index (χ0n) is 8.93. The van der Waals surface area contributed by atoms with Gasteiger partial charge in [0.05, 0.1) is 13.5 Å². The topological polar surface area (TPSA) is 80.7 Å². The van der Waals surface area contributed by atoms with Gasteiger partial charge in [-0.15, -0.1) is 0 Å². The monoisotopic (exact) mass is 244 g/mol. The lowest BCUT2D eigenvalue weighted by Gasteiger charge is -2.08. The molecule has 0 bridgehead atoms. The van der Waals surface area contributed by atoms with Gasteiger partial charge in [0.2, 0.25) is 0 Å². The molecule has 6 heteroatoms. The summed E-state index contributed by atoms with van der Waals surface area (Å²) in [7, 11) is -2.02. The molecule has 0 fully saturated rings. The average molecular weight is 244 g/mol. The van der Waals surface area contributed by atoms with Crippen molar-refractivity contribution in [2.75, 3.05) is 13.4 Å². The fraction of sp³-hybridized carbons (Fsp3) is 0.300. The summed E-state index contributed by atoms with van der Waals surface area (Å²) >= 11 is 0. The minimum atomic E-state index is -3.36. The van der Waals surface area contributed by atoms with E-state index >= 15 is 0 Å². The molecule has 0 aliphatic carbocycles. The van der Waals surface area contributed by atoms with Crippen LogP contribution in [0.1, 0.15) is 5.56 Å². The van der Waals surface area contributed by atoms with Gasteiger partial charge in [0.15, 0.2) is 9.84 Å². The van der Waals surface area contributed by atoms with E-state index in [1.807, 2.05) is 0 Å². The fourth-order valence-electron chi connectivity index (χ4n) is 1.30. The van der Waals surface area contributed by atoms with E-state index < -0.39 is 15.8 Å². The molecule has 0 aliphatic rings. The molecule has 0 amide bonds. The van der Waals surface area contributed by atoms with Gasteiger partial charge in [-0.25, -0.2) is 8.42 Å². The van der Waals surface area contributed by atoms with Gasteiger partial charge in [0.25, 0.3) is 0 Å². The van der Waals surface area contributed by atoms with Crippen molar-refractivity contribution in [1.29, 1.82) is 0 Å². The highest BCUT2D eigenvalue weighted by atomic mass is 32.2. The van der Waals surface area contributed by atoms with Crippen LogP contribution in [0.3, 0.4) is 0 Å². The van der Waals surface area contributed by atoms with Gasteiger partial charge >= 0.3 is 5.97 Å². The second-order valence-corrected chi connectivity index (χ2v) is 5.31. The minimum absolute atomic E-state index is 0.0594. The summed E-state index contributed by atoms with van der Waals surface area (Å²) < 4.78 is 27.6. The molecule has 0 radical (unpaired) electrons. The Bertz CT molecular complexity index is 504. The Balaban J connectivity index is 3.22. The van der Waals surface area contributed by atoms with Crippen LogP contribution in [0, 0.1) is 0 Å². The first-order chi connectivity index (χ1) is 7.34. The predicted molar refractivity (Wildman–Crippen MR) is 57.4 cm³/mol. The number of hydrogen-bond acceptors (Lipinski definition) is 4. The standard InChI is InChI=1S/C10H12O5S/c1-15-8-5-7(6-10(11)12)3-4-9(8)16(2,13)14/h3-5H,6H2,1-2H3,(H,11,12). The van der Waals surface area contributed by atoms with Crippen molar-refractivity contribution >= 4 is 15.8 Å². The van der Waals surface area contributed by atoms with E-state index in [0.29, 0.717) is 5.56 Å². The summed E-state index contributed by atoms with van der Waals surface area (Å²) in [5.74, 6) is -0.810. The zero-order valence-corrected chi connectivity index (χ0v) is 9.74. The first-order valence-electron chi connectivity index (χ1n) is 4.43. The van der Waals surface area contributed by atoms with Crippen molar-refractivity contribution in [1.82, 2.24) is 0 Å². The van der Waals surface area contributed by atoms with E-state index in [-0.39, 0.29) is 17.1 Å². The van der Waals surface area contributed by atoms with Crippen LogP contribution < -0.4 is 4.74 Å². The third-order valence-corrected chi connectivity index (χ3v) is 3.12. The van der Waals surface area contributed by atoms with Gasteiger partial charge in [-0.2, -0.15) is 0 Å².